The van der Waals surface area contributed by atoms with Gasteiger partial charge in [-0.3, -0.25) is 0 Å². The van der Waals surface area contributed by atoms with E-state index in [1.807, 2.05) is 18.2 Å². The second kappa shape index (κ2) is 4.98. The third-order valence-electron chi connectivity index (χ3n) is 3.94. The van der Waals surface area contributed by atoms with Crippen molar-refractivity contribution in [1.29, 1.82) is 0 Å². The summed E-state index contributed by atoms with van der Waals surface area (Å²) in [5.74, 6) is 0.431. The van der Waals surface area contributed by atoms with E-state index in [1.54, 1.807) is 25.4 Å². The summed E-state index contributed by atoms with van der Waals surface area (Å²) in [6, 6.07) is 11.8. The molecule has 4 nitrogen and oxygen atoms in total. The highest BCUT2D eigenvalue weighted by Gasteiger charge is 2.15. The monoisotopic (exact) mass is 308 g/mol. The molecular weight excluding hydrogens is 295 g/mol. The molecule has 0 atom stereocenters. The summed E-state index contributed by atoms with van der Waals surface area (Å²) in [6.07, 6.45) is 1.70. The molecule has 0 bridgehead atoms. The summed E-state index contributed by atoms with van der Waals surface area (Å²) in [4.78, 5) is 7.29. The van der Waals surface area contributed by atoms with Gasteiger partial charge in [0, 0.05) is 22.5 Å². The van der Waals surface area contributed by atoms with Crippen LogP contribution in [0.1, 0.15) is 0 Å². The number of aromatic amines is 1. The van der Waals surface area contributed by atoms with Crippen LogP contribution in [-0.2, 0) is 0 Å². The highest BCUT2D eigenvalue weighted by molar-refractivity contribution is 6.10. The van der Waals surface area contributed by atoms with Crippen LogP contribution < -0.4 is 4.74 Å². The van der Waals surface area contributed by atoms with Gasteiger partial charge in [0.15, 0.2) is 0 Å². The first kappa shape index (κ1) is 13.6. The van der Waals surface area contributed by atoms with Crippen LogP contribution in [0.4, 0.5) is 4.39 Å². The van der Waals surface area contributed by atoms with Gasteiger partial charge in [-0.05, 0) is 35.9 Å². The van der Waals surface area contributed by atoms with Gasteiger partial charge < -0.3 is 14.8 Å². The molecule has 23 heavy (non-hydrogen) atoms. The Morgan fingerprint density at radius 1 is 1.09 bits per heavy atom. The van der Waals surface area contributed by atoms with Gasteiger partial charge in [0.05, 0.1) is 12.6 Å². The lowest BCUT2D eigenvalue weighted by atomic mass is 9.97. The number of fused-ring (bicyclic) bond motifs is 2. The zero-order valence-electron chi connectivity index (χ0n) is 12.3. The van der Waals surface area contributed by atoms with Crippen molar-refractivity contribution in [1.82, 2.24) is 9.97 Å². The lowest BCUT2D eigenvalue weighted by molar-refractivity contribution is 0.415. The Balaban J connectivity index is 2.16. The maximum absolute atomic E-state index is 13.3. The molecule has 0 spiro atoms. The third-order valence-corrected chi connectivity index (χ3v) is 3.94. The number of benzene rings is 2. The van der Waals surface area contributed by atoms with Gasteiger partial charge in [0.1, 0.15) is 17.1 Å². The Hall–Kier alpha value is -3.08. The quantitative estimate of drug-likeness (QED) is 0.582. The van der Waals surface area contributed by atoms with Crippen LogP contribution >= 0.6 is 0 Å². The first-order valence-electron chi connectivity index (χ1n) is 7.11. The van der Waals surface area contributed by atoms with E-state index in [9.17, 15) is 9.50 Å². The molecule has 0 saturated carbocycles. The smallest absolute Gasteiger partial charge is 0.215 e. The van der Waals surface area contributed by atoms with Crippen molar-refractivity contribution in [3.8, 4) is 22.8 Å². The fourth-order valence-corrected chi connectivity index (χ4v) is 2.84. The fraction of sp³-hybridized carbons (Fsp3) is 0.0556. The summed E-state index contributed by atoms with van der Waals surface area (Å²) in [6.45, 7) is 0. The molecule has 2 aromatic carbocycles. The molecule has 0 radical (unpaired) electrons. The molecule has 0 unspecified atom stereocenters. The number of halogens is 1. The van der Waals surface area contributed by atoms with Gasteiger partial charge >= 0.3 is 0 Å². The summed E-state index contributed by atoms with van der Waals surface area (Å²) in [5, 5.41) is 11.6. The second-order valence-corrected chi connectivity index (χ2v) is 5.28. The Bertz CT molecular complexity index is 1020. The predicted molar refractivity (Wildman–Crippen MR) is 87.2 cm³/mol. The number of H-pyrrole nitrogens is 1. The SMILES string of the molecule is COc1ccc2nc3c(O)[nH]cc3c(-c3ccc(F)cc3)c2c1. The number of nitrogens with zero attached hydrogens (tertiary/aromatic N) is 1. The first-order valence-corrected chi connectivity index (χ1v) is 7.11. The van der Waals surface area contributed by atoms with Crippen LogP contribution in [0, 0.1) is 5.82 Å². The number of hydrogen-bond donors (Lipinski definition) is 2. The number of methoxy groups -OCH3 is 1. The third kappa shape index (κ3) is 2.09. The van der Waals surface area contributed by atoms with Crippen molar-refractivity contribution in [2.75, 3.05) is 7.11 Å². The van der Waals surface area contributed by atoms with Crippen molar-refractivity contribution >= 4 is 21.8 Å². The Kier molecular flexibility index (Phi) is 2.94. The number of aromatic nitrogens is 2. The number of rotatable bonds is 2. The predicted octanol–water partition coefficient (Wildman–Crippen LogP) is 4.24. The van der Waals surface area contributed by atoms with Crippen molar-refractivity contribution in [3.05, 3.63) is 54.5 Å². The zero-order chi connectivity index (χ0) is 16.0. The van der Waals surface area contributed by atoms with Gasteiger partial charge in [0.25, 0.3) is 0 Å². The average Bonchev–Trinajstić information content (AvgIpc) is 2.94. The van der Waals surface area contributed by atoms with Crippen LogP contribution in [0.15, 0.2) is 48.7 Å². The van der Waals surface area contributed by atoms with E-state index in [0.29, 0.717) is 11.3 Å². The summed E-state index contributed by atoms with van der Waals surface area (Å²) in [7, 11) is 1.60. The number of hydrogen-bond acceptors (Lipinski definition) is 3. The van der Waals surface area contributed by atoms with Crippen LogP contribution in [0.2, 0.25) is 0 Å². The summed E-state index contributed by atoms with van der Waals surface area (Å²) >= 11 is 0. The molecule has 2 N–H and O–H groups in total. The van der Waals surface area contributed by atoms with Crippen LogP contribution in [-0.4, -0.2) is 22.2 Å². The van der Waals surface area contributed by atoms with E-state index in [1.165, 1.54) is 12.1 Å². The van der Waals surface area contributed by atoms with Crippen molar-refractivity contribution in [2.45, 2.75) is 0 Å². The minimum Gasteiger partial charge on any atom is -0.497 e. The zero-order valence-corrected chi connectivity index (χ0v) is 12.3. The molecule has 2 heterocycles. The van der Waals surface area contributed by atoms with Gasteiger partial charge in [0.2, 0.25) is 5.88 Å². The maximum atomic E-state index is 13.3. The van der Waals surface area contributed by atoms with Crippen LogP contribution in [0.5, 0.6) is 11.6 Å². The number of aromatic hydroxyl groups is 1. The number of pyridine rings is 1. The highest BCUT2D eigenvalue weighted by atomic mass is 19.1. The van der Waals surface area contributed by atoms with Crippen molar-refractivity contribution < 1.29 is 14.2 Å². The molecule has 4 aromatic rings. The minimum atomic E-state index is -0.294. The van der Waals surface area contributed by atoms with E-state index >= 15 is 0 Å². The van der Waals surface area contributed by atoms with Gasteiger partial charge in [-0.25, -0.2) is 9.37 Å². The molecule has 4 rings (SSSR count). The Morgan fingerprint density at radius 2 is 1.87 bits per heavy atom. The molecule has 0 saturated heterocycles. The van der Waals surface area contributed by atoms with Gasteiger partial charge in [-0.1, -0.05) is 12.1 Å². The van der Waals surface area contributed by atoms with E-state index in [0.717, 1.165) is 27.4 Å². The van der Waals surface area contributed by atoms with Gasteiger partial charge in [-0.2, -0.15) is 0 Å². The van der Waals surface area contributed by atoms with Gasteiger partial charge in [-0.15, -0.1) is 0 Å². The molecule has 5 heteroatoms. The van der Waals surface area contributed by atoms with Crippen LogP contribution in [0.25, 0.3) is 32.9 Å². The normalized spacial score (nSPS) is 11.2. The molecule has 0 fully saturated rings. The molecular formula is C18H13FN2O2. The fourth-order valence-electron chi connectivity index (χ4n) is 2.84. The molecule has 0 amide bonds. The lowest BCUT2D eigenvalue weighted by Crippen LogP contribution is -1.89. The lowest BCUT2D eigenvalue weighted by Gasteiger charge is -2.10. The maximum Gasteiger partial charge on any atom is 0.215 e. The number of nitrogens with one attached hydrogen (secondary N) is 1. The second-order valence-electron chi connectivity index (χ2n) is 5.28. The highest BCUT2D eigenvalue weighted by Crippen LogP contribution is 2.38. The van der Waals surface area contributed by atoms with Crippen molar-refractivity contribution in [2.24, 2.45) is 0 Å². The average molecular weight is 308 g/mol. The number of ether oxygens (including phenoxy) is 1. The standard InChI is InChI=1S/C18H13FN2O2/c1-23-12-6-7-15-13(8-12)16(10-2-4-11(19)5-3-10)14-9-20-18(22)17(14)21-15/h2-9,20,22H,1H3. The van der Waals surface area contributed by atoms with E-state index in [-0.39, 0.29) is 11.7 Å². The van der Waals surface area contributed by atoms with E-state index < -0.39 is 0 Å². The Morgan fingerprint density at radius 3 is 2.61 bits per heavy atom. The topological polar surface area (TPSA) is 58.1 Å². The Labute approximate surface area is 131 Å². The molecule has 0 aliphatic rings. The van der Waals surface area contributed by atoms with Crippen LogP contribution in [0.3, 0.4) is 0 Å². The largest absolute Gasteiger partial charge is 0.497 e. The van der Waals surface area contributed by atoms with Crippen molar-refractivity contribution in [3.63, 3.8) is 0 Å². The first-order chi connectivity index (χ1) is 11.2. The minimum absolute atomic E-state index is 0.0149. The summed E-state index contributed by atoms with van der Waals surface area (Å²) < 4.78 is 18.6. The van der Waals surface area contributed by atoms with E-state index in [2.05, 4.69) is 9.97 Å². The summed E-state index contributed by atoms with van der Waals surface area (Å²) in [5.41, 5.74) is 2.94. The van der Waals surface area contributed by atoms with E-state index in [4.69, 9.17) is 4.74 Å². The molecule has 0 aliphatic heterocycles. The molecule has 2 aromatic heterocycles. The molecule has 0 aliphatic carbocycles. The molecule has 114 valence electrons.